The molecular weight excluding hydrogens is 772 g/mol. The van der Waals surface area contributed by atoms with Crippen molar-refractivity contribution in [1.29, 1.82) is 0 Å². The Morgan fingerprint density at radius 2 is 0.854 bits per heavy atom. The van der Waals surface area contributed by atoms with Crippen molar-refractivity contribution in [3.63, 3.8) is 0 Å². The maximum Gasteiger partial charge on any atom is 0.102 e. The average Bonchev–Trinajstić information content (AvgIpc) is 3.15. The van der Waals surface area contributed by atoms with Crippen LogP contribution in [0.2, 0.25) is 0 Å². The molecule has 0 aliphatic carbocycles. The van der Waals surface area contributed by atoms with Gasteiger partial charge in [0.25, 0.3) is 0 Å². The van der Waals surface area contributed by atoms with Gasteiger partial charge in [0.1, 0.15) is 31.8 Å². The van der Waals surface area contributed by atoms with Gasteiger partial charge in [0.05, 0.1) is 15.8 Å². The Hall–Kier alpha value is -2.60. The van der Waals surface area contributed by atoms with Crippen LogP contribution in [0.25, 0.3) is 0 Å². The van der Waals surface area contributed by atoms with Gasteiger partial charge in [-0.25, -0.2) is 0 Å². The minimum atomic E-state index is -1.05. The Balaban J connectivity index is 0.000000208. The normalized spacial score (nSPS) is 10.8. The molecule has 0 saturated carbocycles. The number of hydrogen-bond acceptors (Lipinski definition) is 2. The Morgan fingerprint density at radius 3 is 1.23 bits per heavy atom. The summed E-state index contributed by atoms with van der Waals surface area (Å²) < 4.78 is 0. The number of hydrogen-bond donors (Lipinski definition) is 0. The monoisotopic (exact) mass is 813 g/mol. The molecule has 6 aromatic carbocycles. The van der Waals surface area contributed by atoms with Crippen LogP contribution < -0.4 is 31.8 Å². The van der Waals surface area contributed by atoms with Gasteiger partial charge in [-0.15, -0.1) is 0 Å². The summed E-state index contributed by atoms with van der Waals surface area (Å²) in [6, 6.07) is 63.0. The van der Waals surface area contributed by atoms with E-state index in [2.05, 4.69) is 194 Å². The summed E-state index contributed by atoms with van der Waals surface area (Å²) in [5.74, 6) is 2.24. The maximum absolute atomic E-state index is 4.85. The van der Waals surface area contributed by atoms with Crippen LogP contribution in [0, 0.1) is 0 Å². The van der Waals surface area contributed by atoms with Gasteiger partial charge in [0.2, 0.25) is 0 Å². The fourth-order valence-corrected chi connectivity index (χ4v) is 11.1. The molecule has 0 aliphatic rings. The smallest absolute Gasteiger partial charge is 0.0620 e. The number of rotatable bonds is 11. The summed E-state index contributed by atoms with van der Waals surface area (Å²) in [5.41, 5.74) is 1.25. The van der Waals surface area contributed by atoms with Gasteiger partial charge < -0.3 is 0 Å². The Kier molecular flexibility index (Phi) is 18.3. The number of benzene rings is 6. The molecule has 0 amide bonds. The van der Waals surface area contributed by atoms with Gasteiger partial charge >= 0.3 is 34.5 Å². The molecule has 48 heavy (non-hydrogen) atoms. The zero-order chi connectivity index (χ0) is 33.7. The van der Waals surface area contributed by atoms with Crippen LogP contribution in [0.5, 0.6) is 0 Å². The molecule has 0 aliphatic heterocycles. The molecule has 6 rings (SSSR count). The largest absolute Gasteiger partial charge is 0.102 e. The van der Waals surface area contributed by atoms with E-state index in [-0.39, 0.29) is 15.1 Å². The molecule has 0 aromatic heterocycles. The SMILES string of the molecule is CCSCCN=Cc1ccccc1[PH+](c1ccccc1)c1ccccc1.[Cl][Ru][Cl].c1ccc([PH+](c2ccccc2)c2ccccc2)cc1. The number of thioether (sulfide) groups is 1. The molecule has 0 heterocycles. The van der Waals surface area contributed by atoms with E-state index in [1.165, 1.54) is 37.4 Å². The molecular formula is C41H41Cl2NP2RuS+2. The topological polar surface area (TPSA) is 12.4 Å². The van der Waals surface area contributed by atoms with E-state index in [0.717, 1.165) is 18.1 Å². The van der Waals surface area contributed by atoms with Crippen LogP contribution in [0.1, 0.15) is 12.5 Å². The van der Waals surface area contributed by atoms with E-state index >= 15 is 0 Å². The molecule has 0 saturated heterocycles. The van der Waals surface area contributed by atoms with Crippen LogP contribution in [-0.2, 0) is 15.1 Å². The van der Waals surface area contributed by atoms with Crippen molar-refractivity contribution in [2.45, 2.75) is 6.92 Å². The zero-order valence-corrected chi connectivity index (χ0v) is 33.0. The van der Waals surface area contributed by atoms with Crippen molar-refractivity contribution < 1.29 is 15.1 Å². The van der Waals surface area contributed by atoms with E-state index in [1.54, 1.807) is 0 Å². The molecule has 0 bridgehead atoms. The van der Waals surface area contributed by atoms with Crippen molar-refractivity contribution in [2.75, 3.05) is 18.1 Å². The Labute approximate surface area is 309 Å². The standard InChI is InChI=1S/C23H24NPS.C18H15P.2ClH.Ru/c1-2-26-18-17-24-19-20-11-9-10-16-23(20)25(21-12-5-3-6-13-21)22-14-7-4-8-15-22;1-4-10-16(11-5-1)19(17-12-6-2-7-13-17)18-14-8-3-9-15-18;;;/h3-16,19H,2,17-18H2,1H3;1-15H;2*1H;/q;;;;+2. The van der Waals surface area contributed by atoms with Gasteiger partial charge in [-0.2, -0.15) is 11.8 Å². The second-order valence-electron chi connectivity index (χ2n) is 10.5. The predicted octanol–water partition coefficient (Wildman–Crippen LogP) is 8.90. The quantitative estimate of drug-likeness (QED) is 0.0552. The summed E-state index contributed by atoms with van der Waals surface area (Å²) in [5, 5.41) is 8.53. The third kappa shape index (κ3) is 12.4. The first-order valence-corrected chi connectivity index (χ1v) is 24.4. The second kappa shape index (κ2) is 22.9. The van der Waals surface area contributed by atoms with E-state index in [4.69, 9.17) is 19.4 Å². The summed E-state index contributed by atoms with van der Waals surface area (Å²) in [4.78, 5) is 4.68. The van der Waals surface area contributed by atoms with Gasteiger partial charge in [0.15, 0.2) is 0 Å². The zero-order valence-electron chi connectivity index (χ0n) is 26.9. The Morgan fingerprint density at radius 1 is 0.521 bits per heavy atom. The van der Waals surface area contributed by atoms with Crippen molar-refractivity contribution in [3.8, 4) is 0 Å². The first-order valence-electron chi connectivity index (χ1n) is 15.8. The van der Waals surface area contributed by atoms with Crippen LogP contribution >= 0.6 is 47.0 Å². The molecule has 0 spiro atoms. The fraction of sp³-hybridized carbons (Fsp3) is 0.0976. The van der Waals surface area contributed by atoms with Crippen LogP contribution in [0.3, 0.4) is 0 Å². The van der Waals surface area contributed by atoms with Crippen LogP contribution in [0.15, 0.2) is 181 Å². The molecule has 0 unspecified atom stereocenters. The average molecular weight is 814 g/mol. The van der Waals surface area contributed by atoms with E-state index in [1.807, 2.05) is 11.8 Å². The van der Waals surface area contributed by atoms with Crippen LogP contribution in [-0.4, -0.2) is 24.3 Å². The molecule has 0 N–H and O–H groups in total. The first kappa shape index (κ1) is 38.2. The summed E-state index contributed by atoms with van der Waals surface area (Å²) in [6.07, 6.45) is 2.07. The van der Waals surface area contributed by atoms with E-state index in [9.17, 15) is 0 Å². The second-order valence-corrected chi connectivity index (χ2v) is 19.4. The van der Waals surface area contributed by atoms with Crippen molar-refractivity contribution in [1.82, 2.24) is 0 Å². The van der Waals surface area contributed by atoms with Crippen molar-refractivity contribution in [2.24, 2.45) is 4.99 Å². The van der Waals surface area contributed by atoms with Crippen LogP contribution in [0.4, 0.5) is 0 Å². The van der Waals surface area contributed by atoms with Gasteiger partial charge in [-0.05, 0) is 78.5 Å². The maximum atomic E-state index is 4.85. The number of aliphatic imine (C=N–C) groups is 1. The molecule has 0 atom stereocenters. The minimum Gasteiger partial charge on any atom is -0.0620 e. The molecule has 0 radical (unpaired) electrons. The number of halogens is 2. The molecule has 0 fully saturated rings. The third-order valence-corrected chi connectivity index (χ3v) is 13.8. The van der Waals surface area contributed by atoms with Crippen molar-refractivity contribution >= 4 is 85.0 Å². The van der Waals surface area contributed by atoms with Gasteiger partial charge in [-0.1, -0.05) is 110 Å². The first-order chi connectivity index (χ1) is 23.8. The summed E-state index contributed by atoms with van der Waals surface area (Å²) in [6.45, 7) is 3.07. The van der Waals surface area contributed by atoms with Gasteiger partial charge in [-0.3, -0.25) is 4.99 Å². The van der Waals surface area contributed by atoms with E-state index in [0.29, 0.717) is 0 Å². The molecule has 6 aromatic rings. The minimum absolute atomic E-state index is 0.346. The summed E-state index contributed by atoms with van der Waals surface area (Å²) >= 11 is 1.59. The molecule has 1 nitrogen and oxygen atoms in total. The molecule has 246 valence electrons. The fourth-order valence-electron chi connectivity index (χ4n) is 5.26. The van der Waals surface area contributed by atoms with Gasteiger partial charge in [0, 0.05) is 24.1 Å². The van der Waals surface area contributed by atoms with E-state index < -0.39 is 15.8 Å². The predicted molar refractivity (Wildman–Crippen MR) is 220 cm³/mol. The summed E-state index contributed by atoms with van der Waals surface area (Å²) in [7, 11) is 7.78. The third-order valence-electron chi connectivity index (χ3n) is 7.34. The van der Waals surface area contributed by atoms with Crippen molar-refractivity contribution in [3.05, 3.63) is 181 Å². The molecule has 7 heteroatoms. The number of nitrogens with zero attached hydrogens (tertiary/aromatic N) is 1. The Bertz CT molecular complexity index is 1600.